The molecule has 0 radical (unpaired) electrons. The molecule has 0 aliphatic carbocycles. The van der Waals surface area contributed by atoms with Gasteiger partial charge >= 0.3 is 5.97 Å². The Balaban J connectivity index is 1.61. The van der Waals surface area contributed by atoms with Gasteiger partial charge in [-0.3, -0.25) is 14.9 Å². The van der Waals surface area contributed by atoms with Crippen LogP contribution in [0, 0.1) is 30.9 Å². The standard InChI is InChI=1S/C22H21N3O5/c1-14-4-9-19(25(28)29)12-20(14)23-21(26)13-30-22(27)17-7-10-18(11-8-17)24-15(2)5-6-16(24)3/h4-12H,13H2,1-3H3,(H,23,26). The first kappa shape index (κ1) is 20.8. The number of nitrogens with zero attached hydrogens (tertiary/aromatic N) is 2. The SMILES string of the molecule is Cc1ccc([N+](=O)[O-])cc1NC(=O)COC(=O)c1ccc(-n2c(C)ccc2C)cc1. The lowest BCUT2D eigenvalue weighted by molar-refractivity contribution is -0.384. The molecule has 0 saturated carbocycles. The molecule has 0 aliphatic heterocycles. The lowest BCUT2D eigenvalue weighted by atomic mass is 10.2. The molecular formula is C22H21N3O5. The number of nitrogens with one attached hydrogen (secondary N) is 1. The van der Waals surface area contributed by atoms with Gasteiger partial charge in [0.1, 0.15) is 0 Å². The van der Waals surface area contributed by atoms with Crippen molar-refractivity contribution in [1.29, 1.82) is 0 Å². The predicted octanol–water partition coefficient (Wildman–Crippen LogP) is 4.11. The zero-order chi connectivity index (χ0) is 21.8. The van der Waals surface area contributed by atoms with Crippen LogP contribution in [0.3, 0.4) is 0 Å². The van der Waals surface area contributed by atoms with Crippen LogP contribution in [0.5, 0.6) is 0 Å². The second kappa shape index (κ2) is 8.60. The van der Waals surface area contributed by atoms with E-state index in [2.05, 4.69) is 9.88 Å². The molecule has 8 nitrogen and oxygen atoms in total. The summed E-state index contributed by atoms with van der Waals surface area (Å²) in [4.78, 5) is 34.7. The van der Waals surface area contributed by atoms with Gasteiger partial charge in [0.05, 0.1) is 16.2 Å². The van der Waals surface area contributed by atoms with E-state index in [0.717, 1.165) is 17.1 Å². The lowest BCUT2D eigenvalue weighted by Gasteiger charge is -2.11. The number of nitro groups is 1. The van der Waals surface area contributed by atoms with Crippen molar-refractivity contribution in [1.82, 2.24) is 4.57 Å². The van der Waals surface area contributed by atoms with Crippen molar-refractivity contribution in [3.63, 3.8) is 0 Å². The maximum Gasteiger partial charge on any atom is 0.338 e. The Morgan fingerprint density at radius 2 is 1.63 bits per heavy atom. The van der Waals surface area contributed by atoms with Crippen LogP contribution in [-0.2, 0) is 9.53 Å². The monoisotopic (exact) mass is 407 g/mol. The molecule has 0 aliphatic rings. The van der Waals surface area contributed by atoms with Crippen molar-refractivity contribution in [2.75, 3.05) is 11.9 Å². The number of ether oxygens (including phenoxy) is 1. The van der Waals surface area contributed by atoms with Gasteiger partial charge in [-0.2, -0.15) is 0 Å². The highest BCUT2D eigenvalue weighted by molar-refractivity contribution is 5.96. The minimum absolute atomic E-state index is 0.138. The summed E-state index contributed by atoms with van der Waals surface area (Å²) in [5, 5.41) is 13.4. The summed E-state index contributed by atoms with van der Waals surface area (Å²) in [6, 6.07) is 15.1. The molecule has 0 fully saturated rings. The normalized spacial score (nSPS) is 10.5. The van der Waals surface area contributed by atoms with Crippen LogP contribution in [0.25, 0.3) is 5.69 Å². The van der Waals surface area contributed by atoms with Crippen LogP contribution in [-0.4, -0.2) is 28.0 Å². The molecule has 3 rings (SSSR count). The molecule has 2 aromatic carbocycles. The number of aromatic nitrogens is 1. The van der Waals surface area contributed by atoms with Crippen LogP contribution in [0.4, 0.5) is 11.4 Å². The van der Waals surface area contributed by atoms with Crippen LogP contribution < -0.4 is 5.32 Å². The first-order chi connectivity index (χ1) is 14.3. The van der Waals surface area contributed by atoms with Crippen LogP contribution in [0.15, 0.2) is 54.6 Å². The molecule has 0 unspecified atom stereocenters. The molecule has 0 saturated heterocycles. The Morgan fingerprint density at radius 3 is 2.23 bits per heavy atom. The third-order valence-electron chi connectivity index (χ3n) is 4.67. The fraction of sp³-hybridized carbons (Fsp3) is 0.182. The number of hydrogen-bond donors (Lipinski definition) is 1. The van der Waals surface area contributed by atoms with E-state index in [0.29, 0.717) is 16.8 Å². The number of non-ortho nitro benzene ring substituents is 1. The number of amides is 1. The smallest absolute Gasteiger partial charge is 0.338 e. The second-order valence-electron chi connectivity index (χ2n) is 6.88. The number of anilines is 1. The number of benzene rings is 2. The second-order valence-corrected chi connectivity index (χ2v) is 6.88. The predicted molar refractivity (Wildman–Crippen MR) is 112 cm³/mol. The molecule has 3 aromatic rings. The molecule has 0 atom stereocenters. The van der Waals surface area contributed by atoms with E-state index in [1.807, 2.05) is 38.1 Å². The third kappa shape index (κ3) is 4.54. The molecule has 0 bridgehead atoms. The molecule has 1 aromatic heterocycles. The van der Waals surface area contributed by atoms with Gasteiger partial charge in [0.25, 0.3) is 11.6 Å². The highest BCUT2D eigenvalue weighted by Gasteiger charge is 2.14. The quantitative estimate of drug-likeness (QED) is 0.376. The Morgan fingerprint density at radius 1 is 1.00 bits per heavy atom. The summed E-state index contributed by atoms with van der Waals surface area (Å²) >= 11 is 0. The van der Waals surface area contributed by atoms with Crippen LogP contribution >= 0.6 is 0 Å². The van der Waals surface area contributed by atoms with E-state index in [4.69, 9.17) is 4.74 Å². The van der Waals surface area contributed by atoms with E-state index in [1.54, 1.807) is 19.1 Å². The molecule has 1 amide bonds. The van der Waals surface area contributed by atoms with E-state index in [-0.39, 0.29) is 5.69 Å². The maximum absolute atomic E-state index is 12.2. The zero-order valence-corrected chi connectivity index (χ0v) is 16.8. The van der Waals surface area contributed by atoms with Crippen molar-refractivity contribution in [2.45, 2.75) is 20.8 Å². The van der Waals surface area contributed by atoms with Crippen molar-refractivity contribution in [3.8, 4) is 5.69 Å². The van der Waals surface area contributed by atoms with Gasteiger partial charge in [-0.05, 0) is 62.7 Å². The number of carbonyl (C=O) groups excluding carboxylic acids is 2. The van der Waals surface area contributed by atoms with Crippen molar-refractivity contribution in [2.24, 2.45) is 0 Å². The fourth-order valence-corrected chi connectivity index (χ4v) is 3.08. The van der Waals surface area contributed by atoms with Crippen molar-refractivity contribution in [3.05, 3.63) is 87.2 Å². The molecule has 154 valence electrons. The average molecular weight is 407 g/mol. The number of carbonyl (C=O) groups is 2. The summed E-state index contributed by atoms with van der Waals surface area (Å²) in [7, 11) is 0. The molecule has 1 heterocycles. The minimum Gasteiger partial charge on any atom is -0.452 e. The lowest BCUT2D eigenvalue weighted by Crippen LogP contribution is -2.21. The molecule has 30 heavy (non-hydrogen) atoms. The summed E-state index contributed by atoms with van der Waals surface area (Å²) in [6.07, 6.45) is 0. The van der Waals surface area contributed by atoms with E-state index >= 15 is 0 Å². The summed E-state index contributed by atoms with van der Waals surface area (Å²) < 4.78 is 7.13. The van der Waals surface area contributed by atoms with E-state index in [1.165, 1.54) is 18.2 Å². The number of rotatable bonds is 6. The van der Waals surface area contributed by atoms with Gasteiger partial charge < -0.3 is 14.6 Å². The van der Waals surface area contributed by atoms with Gasteiger partial charge in [-0.15, -0.1) is 0 Å². The van der Waals surface area contributed by atoms with Gasteiger partial charge in [0.2, 0.25) is 0 Å². The van der Waals surface area contributed by atoms with Crippen LogP contribution in [0.2, 0.25) is 0 Å². The minimum atomic E-state index is -0.631. The van der Waals surface area contributed by atoms with Crippen molar-refractivity contribution < 1.29 is 19.2 Å². The van der Waals surface area contributed by atoms with E-state index in [9.17, 15) is 19.7 Å². The Kier molecular flexibility index (Phi) is 5.96. The van der Waals surface area contributed by atoms with Gasteiger partial charge in [0.15, 0.2) is 6.61 Å². The number of aryl methyl sites for hydroxylation is 3. The Labute approximate surface area is 173 Å². The van der Waals surface area contributed by atoms with Gasteiger partial charge in [0, 0.05) is 29.2 Å². The summed E-state index contributed by atoms with van der Waals surface area (Å²) in [5.41, 5.74) is 4.22. The largest absolute Gasteiger partial charge is 0.452 e. The first-order valence-corrected chi connectivity index (χ1v) is 9.23. The number of hydrogen-bond acceptors (Lipinski definition) is 5. The van der Waals surface area contributed by atoms with Gasteiger partial charge in [-0.25, -0.2) is 4.79 Å². The number of nitro benzene ring substituents is 1. The first-order valence-electron chi connectivity index (χ1n) is 9.23. The molecule has 1 N–H and O–H groups in total. The fourth-order valence-electron chi connectivity index (χ4n) is 3.08. The highest BCUT2D eigenvalue weighted by Crippen LogP contribution is 2.22. The van der Waals surface area contributed by atoms with Crippen LogP contribution in [0.1, 0.15) is 27.3 Å². The molecule has 0 spiro atoms. The van der Waals surface area contributed by atoms with E-state index < -0.39 is 23.4 Å². The molecule has 8 heteroatoms. The Hall–Kier alpha value is -3.94. The highest BCUT2D eigenvalue weighted by atomic mass is 16.6. The zero-order valence-electron chi connectivity index (χ0n) is 16.8. The summed E-state index contributed by atoms with van der Waals surface area (Å²) in [6.45, 7) is 5.20. The van der Waals surface area contributed by atoms with Gasteiger partial charge in [-0.1, -0.05) is 6.07 Å². The number of esters is 1. The average Bonchev–Trinajstić information content (AvgIpc) is 3.06. The topological polar surface area (TPSA) is 103 Å². The maximum atomic E-state index is 12.2. The summed E-state index contributed by atoms with van der Waals surface area (Å²) in [5.74, 6) is -1.21. The third-order valence-corrected chi connectivity index (χ3v) is 4.67. The molecular weight excluding hydrogens is 386 g/mol. The Bertz CT molecular complexity index is 1100. The van der Waals surface area contributed by atoms with Crippen molar-refractivity contribution >= 4 is 23.3 Å².